The molecule has 2 aromatic rings. The molecule has 0 radical (unpaired) electrons. The molecule has 0 unspecified atom stereocenters. The molecule has 1 aromatic carbocycles. The smallest absolute Gasteiger partial charge is 0.311 e. The Morgan fingerprint density at radius 2 is 2.27 bits per heavy atom. The van der Waals surface area contributed by atoms with Crippen LogP contribution < -0.4 is 4.74 Å². The van der Waals surface area contributed by atoms with Gasteiger partial charge in [0.05, 0.1) is 18.2 Å². The van der Waals surface area contributed by atoms with Gasteiger partial charge in [0, 0.05) is 39.1 Å². The normalized spacial score (nSPS) is 10.9. The van der Waals surface area contributed by atoms with Crippen LogP contribution in [-0.2, 0) is 6.54 Å². The maximum absolute atomic E-state index is 11.1. The average molecular weight is 303 g/mol. The van der Waals surface area contributed by atoms with E-state index in [0.717, 1.165) is 5.56 Å². The Kier molecular flexibility index (Phi) is 4.72. The molecular weight excluding hydrogens is 286 g/mol. The Morgan fingerprint density at radius 3 is 2.91 bits per heavy atom. The quantitative estimate of drug-likeness (QED) is 0.461. The topological polar surface area (TPSA) is 85.8 Å². The average Bonchev–Trinajstić information content (AvgIpc) is 2.92. The molecule has 0 fully saturated rings. The van der Waals surface area contributed by atoms with E-state index in [1.807, 2.05) is 18.7 Å². The van der Waals surface area contributed by atoms with E-state index < -0.39 is 4.92 Å². The van der Waals surface area contributed by atoms with Gasteiger partial charge in [0.2, 0.25) is 0 Å². The number of hydrazone groups is 1. The lowest BCUT2D eigenvalue weighted by molar-refractivity contribution is -0.385. The van der Waals surface area contributed by atoms with E-state index in [2.05, 4.69) is 10.1 Å². The second-order valence-electron chi connectivity index (χ2n) is 4.77. The lowest BCUT2D eigenvalue weighted by Crippen LogP contribution is -2.07. The number of aromatic nitrogens is 2. The second kappa shape index (κ2) is 6.70. The van der Waals surface area contributed by atoms with Crippen LogP contribution in [-0.4, -0.2) is 46.9 Å². The van der Waals surface area contributed by atoms with E-state index in [-0.39, 0.29) is 11.4 Å². The zero-order chi connectivity index (χ0) is 16.1. The summed E-state index contributed by atoms with van der Waals surface area (Å²) in [6.07, 6.45) is 5.10. The highest BCUT2D eigenvalue weighted by atomic mass is 16.6. The molecule has 0 aliphatic rings. The van der Waals surface area contributed by atoms with E-state index in [9.17, 15) is 10.1 Å². The van der Waals surface area contributed by atoms with Crippen LogP contribution in [0, 0.1) is 10.1 Å². The van der Waals surface area contributed by atoms with Crippen molar-refractivity contribution in [2.75, 3.05) is 21.2 Å². The summed E-state index contributed by atoms with van der Waals surface area (Å²) in [5.41, 5.74) is 0.730. The van der Waals surface area contributed by atoms with Crippen molar-refractivity contribution in [3.05, 3.63) is 52.1 Å². The third-order valence-electron chi connectivity index (χ3n) is 2.94. The number of hydrogen-bond donors (Lipinski definition) is 0. The largest absolute Gasteiger partial charge is 0.490 e. The third-order valence-corrected chi connectivity index (χ3v) is 2.94. The van der Waals surface area contributed by atoms with Crippen LogP contribution in [0.2, 0.25) is 0 Å². The van der Waals surface area contributed by atoms with E-state index in [1.54, 1.807) is 35.7 Å². The Hall–Kier alpha value is -2.90. The highest BCUT2D eigenvalue weighted by Gasteiger charge is 2.15. The van der Waals surface area contributed by atoms with Crippen LogP contribution >= 0.6 is 0 Å². The van der Waals surface area contributed by atoms with Crippen LogP contribution in [0.15, 0.2) is 35.7 Å². The first-order valence-electron chi connectivity index (χ1n) is 6.55. The molecule has 0 aliphatic heterocycles. The number of nitrogens with zero attached hydrogens (tertiary/aromatic N) is 5. The van der Waals surface area contributed by atoms with E-state index in [4.69, 9.17) is 4.74 Å². The van der Waals surface area contributed by atoms with Crippen LogP contribution in [0.5, 0.6) is 5.75 Å². The summed E-state index contributed by atoms with van der Waals surface area (Å²) < 4.78 is 6.86. The Morgan fingerprint density at radius 1 is 1.50 bits per heavy atom. The summed E-state index contributed by atoms with van der Waals surface area (Å²) in [5, 5.41) is 16.9. The fraction of sp³-hybridized carbons (Fsp3) is 0.286. The van der Waals surface area contributed by atoms with E-state index in [0.29, 0.717) is 12.4 Å². The van der Waals surface area contributed by atoms with Crippen molar-refractivity contribution in [2.24, 2.45) is 5.10 Å². The minimum atomic E-state index is -0.454. The number of nitro benzene ring substituents is 1. The molecule has 0 saturated carbocycles. The molecule has 0 aliphatic carbocycles. The summed E-state index contributed by atoms with van der Waals surface area (Å²) in [6, 6.07) is 4.89. The predicted molar refractivity (Wildman–Crippen MR) is 82.3 cm³/mol. The first kappa shape index (κ1) is 15.5. The van der Waals surface area contributed by atoms with Gasteiger partial charge in [0.15, 0.2) is 11.6 Å². The summed E-state index contributed by atoms with van der Waals surface area (Å²) >= 11 is 0. The highest BCUT2D eigenvalue weighted by Crippen LogP contribution is 2.27. The fourth-order valence-corrected chi connectivity index (χ4v) is 1.92. The van der Waals surface area contributed by atoms with Gasteiger partial charge < -0.3 is 14.3 Å². The van der Waals surface area contributed by atoms with Crippen molar-refractivity contribution in [2.45, 2.75) is 6.54 Å². The molecule has 0 amide bonds. The van der Waals surface area contributed by atoms with Crippen molar-refractivity contribution in [3.8, 4) is 5.75 Å². The highest BCUT2D eigenvalue weighted by molar-refractivity contribution is 5.74. The molecular formula is C14H17N5O3. The molecule has 0 atom stereocenters. The lowest BCUT2D eigenvalue weighted by atomic mass is 10.2. The Bertz CT molecular complexity index is 694. The summed E-state index contributed by atoms with van der Waals surface area (Å²) in [7, 11) is 5.04. The molecule has 1 heterocycles. The Balaban J connectivity index is 2.27. The zero-order valence-corrected chi connectivity index (χ0v) is 12.6. The SMILES string of the molecule is COc1ccc(Cn2ccnc2/C=N\N(C)C)cc1[N+](=O)[O-]. The standard InChI is InChI=1S/C14H17N5O3/c1-17(2)16-9-14-15-6-7-18(14)10-11-4-5-13(22-3)12(8-11)19(20)21/h4-9H,10H2,1-3H3/b16-9-. The number of imidazole rings is 1. The number of nitro groups is 1. The number of benzene rings is 1. The molecule has 0 saturated heterocycles. The first-order valence-corrected chi connectivity index (χ1v) is 6.55. The molecule has 2 rings (SSSR count). The van der Waals surface area contributed by atoms with Crippen LogP contribution in [0.1, 0.15) is 11.4 Å². The van der Waals surface area contributed by atoms with Gasteiger partial charge in [-0.15, -0.1) is 0 Å². The summed E-state index contributed by atoms with van der Waals surface area (Å²) in [4.78, 5) is 14.8. The molecule has 0 bridgehead atoms. The molecule has 8 heteroatoms. The minimum Gasteiger partial charge on any atom is -0.490 e. The zero-order valence-electron chi connectivity index (χ0n) is 12.6. The maximum Gasteiger partial charge on any atom is 0.311 e. The molecule has 0 N–H and O–H groups in total. The molecule has 8 nitrogen and oxygen atoms in total. The molecule has 116 valence electrons. The van der Waals surface area contributed by atoms with Crippen LogP contribution in [0.3, 0.4) is 0 Å². The van der Waals surface area contributed by atoms with Gasteiger partial charge in [-0.1, -0.05) is 6.07 Å². The van der Waals surface area contributed by atoms with E-state index >= 15 is 0 Å². The first-order chi connectivity index (χ1) is 10.5. The summed E-state index contributed by atoms with van der Waals surface area (Å²) in [6.45, 7) is 0.458. The Labute approximate surface area is 127 Å². The second-order valence-corrected chi connectivity index (χ2v) is 4.77. The van der Waals surface area contributed by atoms with Crippen LogP contribution in [0.25, 0.3) is 0 Å². The van der Waals surface area contributed by atoms with Gasteiger partial charge in [0.1, 0.15) is 0 Å². The number of ether oxygens (including phenoxy) is 1. The van der Waals surface area contributed by atoms with Crippen molar-refractivity contribution >= 4 is 11.9 Å². The maximum atomic E-state index is 11.1. The molecule has 0 spiro atoms. The summed E-state index contributed by atoms with van der Waals surface area (Å²) in [5.74, 6) is 0.918. The molecule has 1 aromatic heterocycles. The van der Waals surface area contributed by atoms with Crippen molar-refractivity contribution in [1.29, 1.82) is 0 Å². The van der Waals surface area contributed by atoms with Crippen molar-refractivity contribution in [3.63, 3.8) is 0 Å². The number of hydrogen-bond acceptors (Lipinski definition) is 6. The van der Waals surface area contributed by atoms with E-state index in [1.165, 1.54) is 13.2 Å². The van der Waals surface area contributed by atoms with Crippen molar-refractivity contribution < 1.29 is 9.66 Å². The number of methoxy groups -OCH3 is 1. The fourth-order valence-electron chi connectivity index (χ4n) is 1.92. The van der Waals surface area contributed by atoms with Gasteiger partial charge >= 0.3 is 5.69 Å². The van der Waals surface area contributed by atoms with Crippen LogP contribution in [0.4, 0.5) is 5.69 Å². The van der Waals surface area contributed by atoms with Gasteiger partial charge in [-0.05, 0) is 11.6 Å². The number of rotatable bonds is 6. The monoisotopic (exact) mass is 303 g/mol. The van der Waals surface area contributed by atoms with Gasteiger partial charge in [0.25, 0.3) is 0 Å². The van der Waals surface area contributed by atoms with Gasteiger partial charge in [-0.25, -0.2) is 4.98 Å². The van der Waals surface area contributed by atoms with Crippen molar-refractivity contribution in [1.82, 2.24) is 14.6 Å². The van der Waals surface area contributed by atoms with Gasteiger partial charge in [-0.2, -0.15) is 5.10 Å². The van der Waals surface area contributed by atoms with Gasteiger partial charge in [-0.3, -0.25) is 10.1 Å². The third kappa shape index (κ3) is 3.60. The lowest BCUT2D eigenvalue weighted by Gasteiger charge is -2.08. The minimum absolute atomic E-state index is 0.0522. The predicted octanol–water partition coefficient (Wildman–Crippen LogP) is 1.74. The molecule has 22 heavy (non-hydrogen) atoms.